The second kappa shape index (κ2) is 5.88. The molecular formula is C18H19N3O3. The van der Waals surface area contributed by atoms with Crippen LogP contribution < -0.4 is 16.6 Å². The molecule has 6 nitrogen and oxygen atoms in total. The summed E-state index contributed by atoms with van der Waals surface area (Å²) in [6.07, 6.45) is 0.494. The Morgan fingerprint density at radius 2 is 1.88 bits per heavy atom. The summed E-state index contributed by atoms with van der Waals surface area (Å²) in [5, 5.41) is 9.87. The van der Waals surface area contributed by atoms with Gasteiger partial charge in [-0.15, -0.1) is 0 Å². The van der Waals surface area contributed by atoms with Crippen LogP contribution in [0.25, 0.3) is 0 Å². The lowest BCUT2D eigenvalue weighted by Crippen LogP contribution is -2.51. The molecule has 2 aromatic rings. The van der Waals surface area contributed by atoms with Crippen molar-refractivity contribution in [2.45, 2.75) is 19.3 Å². The van der Waals surface area contributed by atoms with Gasteiger partial charge in [-0.25, -0.2) is 10.2 Å². The number of phenols is 1. The molecule has 6 heteroatoms. The summed E-state index contributed by atoms with van der Waals surface area (Å²) < 4.78 is 0. The maximum atomic E-state index is 12.8. The Kier molecular flexibility index (Phi) is 3.89. The Morgan fingerprint density at radius 3 is 2.54 bits per heavy atom. The highest BCUT2D eigenvalue weighted by atomic mass is 16.3. The van der Waals surface area contributed by atoms with Crippen molar-refractivity contribution in [3.05, 3.63) is 65.2 Å². The lowest BCUT2D eigenvalue weighted by Gasteiger charge is -2.31. The molecule has 0 aliphatic heterocycles. The zero-order valence-electron chi connectivity index (χ0n) is 13.2. The van der Waals surface area contributed by atoms with E-state index in [0.29, 0.717) is 6.42 Å². The summed E-state index contributed by atoms with van der Waals surface area (Å²) in [4.78, 5) is 23.7. The number of hydrogen-bond donors (Lipinski definition) is 4. The van der Waals surface area contributed by atoms with Gasteiger partial charge in [0.1, 0.15) is 5.75 Å². The van der Waals surface area contributed by atoms with E-state index in [1.54, 1.807) is 12.1 Å². The van der Waals surface area contributed by atoms with Gasteiger partial charge >= 0.3 is 6.03 Å². The van der Waals surface area contributed by atoms with Crippen molar-refractivity contribution < 1.29 is 14.7 Å². The molecule has 0 radical (unpaired) electrons. The minimum Gasteiger partial charge on any atom is -0.508 e. The number of amides is 3. The Labute approximate surface area is 139 Å². The zero-order chi connectivity index (χ0) is 17.3. The van der Waals surface area contributed by atoms with Gasteiger partial charge in [0, 0.05) is 5.92 Å². The molecule has 1 aliphatic carbocycles. The van der Waals surface area contributed by atoms with Crippen LogP contribution in [0.1, 0.15) is 29.5 Å². The van der Waals surface area contributed by atoms with Crippen LogP contribution in [0, 0.1) is 5.41 Å². The van der Waals surface area contributed by atoms with E-state index in [9.17, 15) is 14.7 Å². The van der Waals surface area contributed by atoms with Gasteiger partial charge in [-0.05, 0) is 42.2 Å². The molecule has 2 atom stereocenters. The number of hydrazine groups is 1. The molecule has 0 bridgehead atoms. The second-order valence-electron chi connectivity index (χ2n) is 6.26. The predicted octanol–water partition coefficient (Wildman–Crippen LogP) is 1.79. The predicted molar refractivity (Wildman–Crippen MR) is 89.1 cm³/mol. The maximum absolute atomic E-state index is 12.8. The molecule has 3 rings (SSSR count). The lowest BCUT2D eigenvalue weighted by atomic mass is 9.73. The molecule has 0 heterocycles. The first-order chi connectivity index (χ1) is 11.4. The summed E-state index contributed by atoms with van der Waals surface area (Å²) in [5.74, 6) is -0.407. The van der Waals surface area contributed by atoms with E-state index in [0.717, 1.165) is 16.7 Å². The van der Waals surface area contributed by atoms with Crippen molar-refractivity contribution in [1.29, 1.82) is 0 Å². The van der Waals surface area contributed by atoms with Crippen molar-refractivity contribution in [1.82, 2.24) is 10.9 Å². The van der Waals surface area contributed by atoms with E-state index in [2.05, 4.69) is 10.9 Å². The van der Waals surface area contributed by atoms with Crippen molar-refractivity contribution >= 4 is 11.9 Å². The fourth-order valence-corrected chi connectivity index (χ4v) is 3.52. The number of phenolic OH excluding ortho intramolecular Hbond substituents is 1. The number of hydrogen-bond acceptors (Lipinski definition) is 3. The van der Waals surface area contributed by atoms with Crippen LogP contribution in [-0.4, -0.2) is 17.0 Å². The molecule has 0 unspecified atom stereocenters. The number of nitrogens with one attached hydrogen (secondary N) is 2. The van der Waals surface area contributed by atoms with Crippen LogP contribution >= 0.6 is 0 Å². The number of urea groups is 1. The summed E-state index contributed by atoms with van der Waals surface area (Å²) >= 11 is 0. The summed E-state index contributed by atoms with van der Waals surface area (Å²) in [6.45, 7) is 1.85. The average Bonchev–Trinajstić information content (AvgIpc) is 2.86. The van der Waals surface area contributed by atoms with E-state index in [-0.39, 0.29) is 17.6 Å². The highest BCUT2D eigenvalue weighted by Crippen LogP contribution is 2.51. The number of fused-ring (bicyclic) bond motifs is 1. The van der Waals surface area contributed by atoms with Gasteiger partial charge in [0.2, 0.25) is 5.91 Å². The van der Waals surface area contributed by atoms with Gasteiger partial charge in [0.15, 0.2) is 0 Å². The fourth-order valence-electron chi connectivity index (χ4n) is 3.52. The number of aromatic hydroxyl groups is 1. The standard InChI is InChI=1S/C18H19N3O3/c1-18(16(23)20-21-17(19)24)10-12-7-8-13(22)9-14(12)15(18)11-5-3-2-4-6-11/h2-9,15,22H,10H2,1H3,(H,20,23)(H3,19,21,24)/t15-,18+/m0/s1. The van der Waals surface area contributed by atoms with Gasteiger partial charge in [0.25, 0.3) is 0 Å². The van der Waals surface area contributed by atoms with Gasteiger partial charge in [-0.2, -0.15) is 0 Å². The monoisotopic (exact) mass is 325 g/mol. The number of nitrogens with two attached hydrogens (primary N) is 1. The van der Waals surface area contributed by atoms with Crippen LogP contribution in [0.15, 0.2) is 48.5 Å². The van der Waals surface area contributed by atoms with E-state index in [4.69, 9.17) is 5.73 Å². The van der Waals surface area contributed by atoms with Crippen molar-refractivity contribution in [3.8, 4) is 5.75 Å². The van der Waals surface area contributed by atoms with E-state index in [1.807, 2.05) is 43.3 Å². The summed E-state index contributed by atoms with van der Waals surface area (Å²) in [6, 6.07) is 14.0. The first-order valence-electron chi connectivity index (χ1n) is 7.64. The van der Waals surface area contributed by atoms with Gasteiger partial charge in [0.05, 0.1) is 5.41 Å². The largest absolute Gasteiger partial charge is 0.508 e. The van der Waals surface area contributed by atoms with Crippen LogP contribution in [0.3, 0.4) is 0 Å². The SMILES string of the molecule is C[C@@]1(C(=O)NNC(N)=O)Cc2ccc(O)cc2[C@@H]1c1ccccc1. The summed E-state index contributed by atoms with van der Waals surface area (Å²) in [5.41, 5.74) is 11.6. The fraction of sp³-hybridized carbons (Fsp3) is 0.222. The molecule has 124 valence electrons. The number of carbonyl (C=O) groups excluding carboxylic acids is 2. The van der Waals surface area contributed by atoms with E-state index < -0.39 is 11.4 Å². The van der Waals surface area contributed by atoms with Crippen molar-refractivity contribution in [2.24, 2.45) is 11.1 Å². The molecule has 3 amide bonds. The smallest absolute Gasteiger partial charge is 0.330 e. The van der Waals surface area contributed by atoms with Crippen LogP contribution in [0.2, 0.25) is 0 Å². The molecule has 0 saturated heterocycles. The van der Waals surface area contributed by atoms with Crippen molar-refractivity contribution in [2.75, 3.05) is 0 Å². The average molecular weight is 325 g/mol. The third kappa shape index (κ3) is 2.67. The summed E-state index contributed by atoms with van der Waals surface area (Å²) in [7, 11) is 0. The second-order valence-corrected chi connectivity index (χ2v) is 6.26. The number of primary amides is 1. The Morgan fingerprint density at radius 1 is 1.17 bits per heavy atom. The Bertz CT molecular complexity index is 791. The molecule has 0 saturated carbocycles. The van der Waals surface area contributed by atoms with Gasteiger partial charge in [-0.3, -0.25) is 10.2 Å². The maximum Gasteiger partial charge on any atom is 0.330 e. The quantitative estimate of drug-likeness (QED) is 0.633. The van der Waals surface area contributed by atoms with E-state index >= 15 is 0 Å². The molecule has 1 aliphatic rings. The molecule has 0 aromatic heterocycles. The van der Waals surface area contributed by atoms with Gasteiger partial charge in [-0.1, -0.05) is 36.4 Å². The molecule has 2 aromatic carbocycles. The van der Waals surface area contributed by atoms with Crippen LogP contribution in [0.5, 0.6) is 5.75 Å². The lowest BCUT2D eigenvalue weighted by molar-refractivity contribution is -0.131. The van der Waals surface area contributed by atoms with Crippen LogP contribution in [0.4, 0.5) is 4.79 Å². The highest BCUT2D eigenvalue weighted by molar-refractivity contribution is 5.87. The number of carbonyl (C=O) groups is 2. The minimum absolute atomic E-state index is 0.162. The van der Waals surface area contributed by atoms with E-state index in [1.165, 1.54) is 0 Å². The number of rotatable bonds is 2. The topological polar surface area (TPSA) is 104 Å². The zero-order valence-corrected chi connectivity index (χ0v) is 13.2. The molecular weight excluding hydrogens is 306 g/mol. The first-order valence-corrected chi connectivity index (χ1v) is 7.64. The molecule has 0 spiro atoms. The third-order valence-corrected chi connectivity index (χ3v) is 4.59. The van der Waals surface area contributed by atoms with Crippen molar-refractivity contribution in [3.63, 3.8) is 0 Å². The molecule has 0 fully saturated rings. The third-order valence-electron chi connectivity index (χ3n) is 4.59. The van der Waals surface area contributed by atoms with Gasteiger partial charge < -0.3 is 10.8 Å². The Balaban J connectivity index is 2.05. The normalized spacial score (nSPS) is 21.8. The highest BCUT2D eigenvalue weighted by Gasteiger charge is 2.48. The first kappa shape index (κ1) is 15.9. The molecule has 24 heavy (non-hydrogen) atoms. The van der Waals surface area contributed by atoms with Crippen LogP contribution in [-0.2, 0) is 11.2 Å². The molecule has 5 N–H and O–H groups in total. The Hall–Kier alpha value is -3.02. The minimum atomic E-state index is -0.823. The number of benzene rings is 2.